The minimum atomic E-state index is -0.245. The van der Waals surface area contributed by atoms with Crippen molar-refractivity contribution >= 4 is 11.9 Å². The lowest BCUT2D eigenvalue weighted by Gasteiger charge is -2.16. The first-order valence-electron chi connectivity index (χ1n) is 7.25. The van der Waals surface area contributed by atoms with Crippen molar-refractivity contribution in [2.24, 2.45) is 5.92 Å². The number of carbonyl (C=O) groups is 2. The van der Waals surface area contributed by atoms with Crippen LogP contribution < -0.4 is 4.74 Å². The van der Waals surface area contributed by atoms with Crippen molar-refractivity contribution in [3.8, 4) is 5.75 Å². The molecule has 1 unspecified atom stereocenters. The normalized spacial score (nSPS) is 17.6. The molecule has 1 aliphatic heterocycles. The molecule has 5 heteroatoms. The number of methoxy groups -OCH3 is 1. The number of nitrogens with zero attached hydrogens (tertiary/aromatic N) is 1. The standard InChI is InChI=1S/C16H21NO4/c1-3-9-21-14-6-4-5-12(10-14)15(18)17-8-7-13(11-17)16(19)20-2/h4-6,10,13H,3,7-9,11H2,1-2H3. The van der Waals surface area contributed by atoms with E-state index in [1.165, 1.54) is 7.11 Å². The van der Waals surface area contributed by atoms with Crippen LogP contribution in [-0.4, -0.2) is 43.6 Å². The lowest BCUT2D eigenvalue weighted by molar-refractivity contribution is -0.144. The molecular formula is C16H21NO4. The summed E-state index contributed by atoms with van der Waals surface area (Å²) >= 11 is 0. The third-order valence-corrected chi connectivity index (χ3v) is 3.56. The average Bonchev–Trinajstić information content (AvgIpc) is 3.01. The SMILES string of the molecule is CCCOc1cccc(C(=O)N2CCC(C(=O)OC)C2)c1. The second-order valence-corrected chi connectivity index (χ2v) is 5.14. The zero-order valence-corrected chi connectivity index (χ0v) is 12.5. The van der Waals surface area contributed by atoms with Crippen LogP contribution in [0.1, 0.15) is 30.1 Å². The molecule has 0 radical (unpaired) electrons. The van der Waals surface area contributed by atoms with Gasteiger partial charge in [-0.2, -0.15) is 0 Å². The summed E-state index contributed by atoms with van der Waals surface area (Å²) in [5, 5.41) is 0. The van der Waals surface area contributed by atoms with Crippen LogP contribution >= 0.6 is 0 Å². The van der Waals surface area contributed by atoms with E-state index in [9.17, 15) is 9.59 Å². The molecule has 1 heterocycles. The van der Waals surface area contributed by atoms with Gasteiger partial charge in [-0.3, -0.25) is 9.59 Å². The number of carbonyl (C=O) groups excluding carboxylic acids is 2. The van der Waals surface area contributed by atoms with Crippen molar-refractivity contribution in [2.45, 2.75) is 19.8 Å². The molecule has 0 aliphatic carbocycles. The van der Waals surface area contributed by atoms with Gasteiger partial charge in [-0.25, -0.2) is 0 Å². The fourth-order valence-electron chi connectivity index (χ4n) is 2.43. The van der Waals surface area contributed by atoms with Gasteiger partial charge in [-0.15, -0.1) is 0 Å². The molecule has 1 aromatic carbocycles. The molecule has 114 valence electrons. The van der Waals surface area contributed by atoms with E-state index in [0.717, 1.165) is 6.42 Å². The Kier molecular flexibility index (Phi) is 5.20. The Labute approximate surface area is 124 Å². The Morgan fingerprint density at radius 2 is 2.19 bits per heavy atom. The Morgan fingerprint density at radius 3 is 2.90 bits per heavy atom. The highest BCUT2D eigenvalue weighted by molar-refractivity contribution is 5.95. The van der Waals surface area contributed by atoms with Gasteiger partial charge in [0.2, 0.25) is 0 Å². The Hall–Kier alpha value is -2.04. The van der Waals surface area contributed by atoms with Gasteiger partial charge in [0, 0.05) is 18.7 Å². The summed E-state index contributed by atoms with van der Waals surface area (Å²) in [7, 11) is 1.38. The summed E-state index contributed by atoms with van der Waals surface area (Å²) < 4.78 is 10.3. The molecule has 0 bridgehead atoms. The van der Waals surface area contributed by atoms with Crippen molar-refractivity contribution < 1.29 is 19.1 Å². The molecule has 1 aliphatic rings. The number of esters is 1. The number of likely N-dealkylation sites (tertiary alicyclic amines) is 1. The number of ether oxygens (including phenoxy) is 2. The lowest BCUT2D eigenvalue weighted by Crippen LogP contribution is -2.30. The van der Waals surface area contributed by atoms with Gasteiger partial charge in [0.25, 0.3) is 5.91 Å². The molecule has 0 saturated carbocycles. The van der Waals surface area contributed by atoms with Crippen LogP contribution in [0.3, 0.4) is 0 Å². The summed E-state index contributed by atoms with van der Waals surface area (Å²) in [6, 6.07) is 7.18. The second-order valence-electron chi connectivity index (χ2n) is 5.14. The van der Waals surface area contributed by atoms with Crippen LogP contribution in [0.2, 0.25) is 0 Å². The third kappa shape index (κ3) is 3.74. The van der Waals surface area contributed by atoms with E-state index in [4.69, 9.17) is 9.47 Å². The van der Waals surface area contributed by atoms with Gasteiger partial charge in [0.05, 0.1) is 19.6 Å². The van der Waals surface area contributed by atoms with Gasteiger partial charge in [0.15, 0.2) is 0 Å². The van der Waals surface area contributed by atoms with Crippen LogP contribution in [0.15, 0.2) is 24.3 Å². The third-order valence-electron chi connectivity index (χ3n) is 3.56. The van der Waals surface area contributed by atoms with Gasteiger partial charge in [0.1, 0.15) is 5.75 Å². The topological polar surface area (TPSA) is 55.8 Å². The van der Waals surface area contributed by atoms with E-state index in [0.29, 0.717) is 37.4 Å². The molecule has 0 spiro atoms. The summed E-state index contributed by atoms with van der Waals surface area (Å²) in [6.07, 6.45) is 1.58. The molecule has 1 saturated heterocycles. The molecule has 5 nitrogen and oxygen atoms in total. The quantitative estimate of drug-likeness (QED) is 0.780. The number of benzene rings is 1. The number of amides is 1. The van der Waals surface area contributed by atoms with Crippen molar-refractivity contribution in [1.29, 1.82) is 0 Å². The predicted octanol–water partition coefficient (Wildman–Crippen LogP) is 2.11. The first kappa shape index (κ1) is 15.4. The van der Waals surface area contributed by atoms with Gasteiger partial charge < -0.3 is 14.4 Å². The zero-order chi connectivity index (χ0) is 15.2. The van der Waals surface area contributed by atoms with E-state index >= 15 is 0 Å². The molecule has 1 aromatic rings. The predicted molar refractivity (Wildman–Crippen MR) is 78.3 cm³/mol. The van der Waals surface area contributed by atoms with E-state index in [1.807, 2.05) is 19.1 Å². The number of rotatable bonds is 5. The van der Waals surface area contributed by atoms with Crippen LogP contribution in [-0.2, 0) is 9.53 Å². The largest absolute Gasteiger partial charge is 0.494 e. The first-order chi connectivity index (χ1) is 10.2. The first-order valence-corrected chi connectivity index (χ1v) is 7.25. The minimum absolute atomic E-state index is 0.0663. The molecule has 21 heavy (non-hydrogen) atoms. The van der Waals surface area contributed by atoms with Crippen LogP contribution in [0.25, 0.3) is 0 Å². The van der Waals surface area contributed by atoms with Crippen LogP contribution in [0.5, 0.6) is 5.75 Å². The molecule has 1 amide bonds. The second kappa shape index (κ2) is 7.11. The minimum Gasteiger partial charge on any atom is -0.494 e. The van der Waals surface area contributed by atoms with Crippen molar-refractivity contribution in [3.63, 3.8) is 0 Å². The number of hydrogen-bond donors (Lipinski definition) is 0. The Balaban J connectivity index is 2.02. The average molecular weight is 291 g/mol. The molecule has 0 aromatic heterocycles. The zero-order valence-electron chi connectivity index (χ0n) is 12.5. The molecular weight excluding hydrogens is 270 g/mol. The van der Waals surface area contributed by atoms with E-state index in [-0.39, 0.29) is 17.8 Å². The molecule has 0 N–H and O–H groups in total. The maximum atomic E-state index is 12.4. The maximum absolute atomic E-state index is 12.4. The molecule has 1 fully saturated rings. The fraction of sp³-hybridized carbons (Fsp3) is 0.500. The summed E-state index contributed by atoms with van der Waals surface area (Å²) in [6.45, 7) is 3.67. The van der Waals surface area contributed by atoms with E-state index in [2.05, 4.69) is 0 Å². The summed E-state index contributed by atoms with van der Waals surface area (Å²) in [5.41, 5.74) is 0.592. The van der Waals surface area contributed by atoms with Crippen LogP contribution in [0.4, 0.5) is 0 Å². The highest BCUT2D eigenvalue weighted by Gasteiger charge is 2.32. The van der Waals surface area contributed by atoms with Gasteiger partial charge >= 0.3 is 5.97 Å². The van der Waals surface area contributed by atoms with E-state index < -0.39 is 0 Å². The van der Waals surface area contributed by atoms with E-state index in [1.54, 1.807) is 17.0 Å². The number of hydrogen-bond acceptors (Lipinski definition) is 4. The van der Waals surface area contributed by atoms with Crippen molar-refractivity contribution in [1.82, 2.24) is 4.90 Å². The monoisotopic (exact) mass is 291 g/mol. The molecule has 1 atom stereocenters. The van der Waals surface area contributed by atoms with Gasteiger partial charge in [-0.05, 0) is 31.0 Å². The smallest absolute Gasteiger partial charge is 0.310 e. The van der Waals surface area contributed by atoms with Crippen molar-refractivity contribution in [3.05, 3.63) is 29.8 Å². The maximum Gasteiger partial charge on any atom is 0.310 e. The lowest BCUT2D eigenvalue weighted by atomic mass is 10.1. The highest BCUT2D eigenvalue weighted by Crippen LogP contribution is 2.21. The summed E-state index contributed by atoms with van der Waals surface area (Å²) in [4.78, 5) is 25.7. The Morgan fingerprint density at radius 1 is 1.38 bits per heavy atom. The van der Waals surface area contributed by atoms with Gasteiger partial charge in [-0.1, -0.05) is 13.0 Å². The summed E-state index contributed by atoms with van der Waals surface area (Å²) in [5.74, 6) is 0.179. The Bertz CT molecular complexity index is 515. The van der Waals surface area contributed by atoms with Crippen molar-refractivity contribution in [2.75, 3.05) is 26.8 Å². The molecule has 2 rings (SSSR count). The van der Waals surface area contributed by atoms with Crippen LogP contribution in [0, 0.1) is 5.92 Å². The fourth-order valence-corrected chi connectivity index (χ4v) is 2.43. The highest BCUT2D eigenvalue weighted by atomic mass is 16.5.